The van der Waals surface area contributed by atoms with Crippen molar-refractivity contribution >= 4 is 0 Å². The standard InChI is InChI=1S/4H2O.2Zn/h4*1H2;;/q;;;;2*+2/p-4. The first kappa shape index (κ1) is 222. The van der Waals surface area contributed by atoms with Gasteiger partial charge in [0.1, 0.15) is 0 Å². The summed E-state index contributed by atoms with van der Waals surface area (Å²) < 4.78 is 0. The fourth-order valence-corrected chi connectivity index (χ4v) is 0. The first-order valence-electron chi connectivity index (χ1n) is 0. The molecule has 4 nitrogen and oxygen atoms in total. The van der Waals surface area contributed by atoms with Crippen LogP contribution in [-0.2, 0) is 39.0 Å². The summed E-state index contributed by atoms with van der Waals surface area (Å²) in [6.07, 6.45) is 0. The summed E-state index contributed by atoms with van der Waals surface area (Å²) in [5.74, 6) is 0. The Morgan fingerprint density at radius 3 is 0.333 bits per heavy atom. The Morgan fingerprint density at radius 1 is 0.333 bits per heavy atom. The van der Waals surface area contributed by atoms with Crippen molar-refractivity contribution in [1.29, 1.82) is 0 Å². The van der Waals surface area contributed by atoms with Crippen LogP contribution in [0.4, 0.5) is 0 Å². The molecule has 0 radical (unpaired) electrons. The van der Waals surface area contributed by atoms with E-state index < -0.39 is 0 Å². The largest absolute Gasteiger partial charge is 2.00 e. The first-order valence-corrected chi connectivity index (χ1v) is 0. The monoisotopic (exact) mass is 196 g/mol. The van der Waals surface area contributed by atoms with Crippen LogP contribution in [0.3, 0.4) is 0 Å². The molecule has 0 rings (SSSR count). The van der Waals surface area contributed by atoms with Crippen LogP contribution in [0.25, 0.3) is 0 Å². The number of hydrogen-bond acceptors (Lipinski definition) is 4. The average molecular weight is 199 g/mol. The molecule has 4 N–H and O–H groups in total. The fourth-order valence-electron chi connectivity index (χ4n) is 0. The SMILES string of the molecule is [OH-].[OH-].[OH-].[OH-].[Zn+2].[Zn+2]. The van der Waals surface area contributed by atoms with Crippen molar-refractivity contribution in [3.63, 3.8) is 0 Å². The molecule has 0 atom stereocenters. The van der Waals surface area contributed by atoms with Gasteiger partial charge in [-0.3, -0.25) is 0 Å². The van der Waals surface area contributed by atoms with E-state index >= 15 is 0 Å². The van der Waals surface area contributed by atoms with E-state index in [1.807, 2.05) is 0 Å². The molecule has 0 saturated heterocycles. The van der Waals surface area contributed by atoms with Gasteiger partial charge in [-0.15, -0.1) is 0 Å². The molecule has 6 heavy (non-hydrogen) atoms. The Bertz CT molecular complexity index is 5.51. The molecule has 0 aliphatic carbocycles. The van der Waals surface area contributed by atoms with Crippen LogP contribution < -0.4 is 0 Å². The minimum absolute atomic E-state index is 0. The Balaban J connectivity index is 0. The molecule has 0 aromatic rings. The number of hydrogen-bond donors (Lipinski definition) is 0. The maximum atomic E-state index is 0. The molecule has 0 aliphatic rings. The van der Waals surface area contributed by atoms with Crippen molar-refractivity contribution in [2.24, 2.45) is 0 Å². The van der Waals surface area contributed by atoms with E-state index in [1.54, 1.807) is 0 Å². The molecule has 0 heterocycles. The van der Waals surface area contributed by atoms with Gasteiger partial charge in [0.05, 0.1) is 0 Å². The third-order valence-corrected chi connectivity index (χ3v) is 0. The molecule has 0 bridgehead atoms. The summed E-state index contributed by atoms with van der Waals surface area (Å²) in [5, 5.41) is 0. The van der Waals surface area contributed by atoms with Crippen LogP contribution in [0.15, 0.2) is 0 Å². The van der Waals surface area contributed by atoms with Crippen molar-refractivity contribution in [3.05, 3.63) is 0 Å². The predicted molar refractivity (Wildman–Crippen MR) is 7.74 cm³/mol. The molecule has 0 aromatic carbocycles. The average Bonchev–Trinajstić information content (AvgIpc) is 0. The molecule has 0 saturated carbocycles. The molecular weight excluding hydrogens is 195 g/mol. The van der Waals surface area contributed by atoms with E-state index in [1.165, 1.54) is 0 Å². The Labute approximate surface area is 61.1 Å². The summed E-state index contributed by atoms with van der Waals surface area (Å²) >= 11 is 0. The van der Waals surface area contributed by atoms with Gasteiger partial charge in [0, 0.05) is 0 Å². The maximum absolute atomic E-state index is 0. The van der Waals surface area contributed by atoms with E-state index in [2.05, 4.69) is 0 Å². The third-order valence-electron chi connectivity index (χ3n) is 0. The van der Waals surface area contributed by atoms with Crippen molar-refractivity contribution < 1.29 is 60.9 Å². The molecular formula is H4O4Zn2. The second-order valence-electron chi connectivity index (χ2n) is 0. The maximum Gasteiger partial charge on any atom is 2.00 e. The van der Waals surface area contributed by atoms with Crippen LogP contribution in [-0.4, -0.2) is 21.9 Å². The van der Waals surface area contributed by atoms with Gasteiger partial charge in [-0.25, -0.2) is 0 Å². The van der Waals surface area contributed by atoms with Gasteiger partial charge in [-0.05, 0) is 0 Å². The Hall–Kier alpha value is 1.09. The molecule has 6 heteroatoms. The van der Waals surface area contributed by atoms with E-state index in [-0.39, 0.29) is 60.9 Å². The van der Waals surface area contributed by atoms with Crippen molar-refractivity contribution in [3.8, 4) is 0 Å². The first-order chi connectivity index (χ1) is 0. The summed E-state index contributed by atoms with van der Waals surface area (Å²) in [6.45, 7) is 0. The minimum Gasteiger partial charge on any atom is -0.870 e. The van der Waals surface area contributed by atoms with E-state index in [4.69, 9.17) is 0 Å². The van der Waals surface area contributed by atoms with Gasteiger partial charge in [-0.1, -0.05) is 0 Å². The van der Waals surface area contributed by atoms with Crippen molar-refractivity contribution in [2.45, 2.75) is 0 Å². The summed E-state index contributed by atoms with van der Waals surface area (Å²) in [4.78, 5) is 0. The smallest absolute Gasteiger partial charge is 0.870 e. The summed E-state index contributed by atoms with van der Waals surface area (Å²) in [6, 6.07) is 0. The zero-order valence-electron chi connectivity index (χ0n) is 3.20. The topological polar surface area (TPSA) is 120 Å². The van der Waals surface area contributed by atoms with E-state index in [9.17, 15) is 0 Å². The minimum atomic E-state index is 0. The summed E-state index contributed by atoms with van der Waals surface area (Å²) in [5.41, 5.74) is 0. The molecule has 0 amide bonds. The molecule has 0 aliphatic heterocycles. The summed E-state index contributed by atoms with van der Waals surface area (Å²) in [7, 11) is 0. The molecule has 0 spiro atoms. The van der Waals surface area contributed by atoms with Crippen LogP contribution >= 0.6 is 0 Å². The fraction of sp³-hybridized carbons (Fsp3) is 0. The van der Waals surface area contributed by atoms with Gasteiger partial charge in [0.25, 0.3) is 0 Å². The van der Waals surface area contributed by atoms with Gasteiger partial charge >= 0.3 is 39.0 Å². The zero-order chi connectivity index (χ0) is 0. The van der Waals surface area contributed by atoms with Crippen molar-refractivity contribution in [2.75, 3.05) is 0 Å². The van der Waals surface area contributed by atoms with E-state index in [0.717, 1.165) is 0 Å². The quantitative estimate of drug-likeness (QED) is 0.478. The van der Waals surface area contributed by atoms with Gasteiger partial charge < -0.3 is 21.9 Å². The zero-order valence-corrected chi connectivity index (χ0v) is 9.14. The molecule has 0 unspecified atom stereocenters. The number of rotatable bonds is 0. The molecule has 32 valence electrons. The van der Waals surface area contributed by atoms with Crippen LogP contribution in [0.5, 0.6) is 0 Å². The van der Waals surface area contributed by atoms with Crippen LogP contribution in [0.1, 0.15) is 0 Å². The van der Waals surface area contributed by atoms with Crippen LogP contribution in [0, 0.1) is 0 Å². The van der Waals surface area contributed by atoms with Crippen LogP contribution in [0.2, 0.25) is 0 Å². The van der Waals surface area contributed by atoms with E-state index in [0.29, 0.717) is 0 Å². The third kappa shape index (κ3) is 71.9. The molecule has 0 aromatic heterocycles. The van der Waals surface area contributed by atoms with Gasteiger partial charge in [0.15, 0.2) is 0 Å². The normalized spacial score (nSPS) is 0. The van der Waals surface area contributed by atoms with Crippen molar-refractivity contribution in [1.82, 2.24) is 0 Å². The molecule has 0 fully saturated rings. The Morgan fingerprint density at radius 2 is 0.333 bits per heavy atom. The van der Waals surface area contributed by atoms with Gasteiger partial charge in [-0.2, -0.15) is 0 Å². The predicted octanol–water partition coefficient (Wildman–Crippen LogP) is -0.712. The Kier molecular flexibility index (Phi) is 4940. The second kappa shape index (κ2) is 133. The second-order valence-corrected chi connectivity index (χ2v) is 0. The van der Waals surface area contributed by atoms with Gasteiger partial charge in [0.2, 0.25) is 0 Å².